The van der Waals surface area contributed by atoms with Gasteiger partial charge in [0, 0.05) is 24.3 Å². The number of para-hydroxylation sites is 1. The first-order valence-corrected chi connectivity index (χ1v) is 6.78. The van der Waals surface area contributed by atoms with Crippen LogP contribution in [0.4, 0.5) is 5.69 Å². The number of rotatable bonds is 4. The molecule has 1 N–H and O–H groups in total. The van der Waals surface area contributed by atoms with E-state index in [0.717, 1.165) is 17.7 Å². The van der Waals surface area contributed by atoms with Crippen LogP contribution in [0.5, 0.6) is 0 Å². The Morgan fingerprint density at radius 2 is 1.78 bits per heavy atom. The molecule has 0 aliphatic heterocycles. The van der Waals surface area contributed by atoms with Crippen molar-refractivity contribution in [1.82, 2.24) is 0 Å². The second-order valence-electron chi connectivity index (χ2n) is 6.14. The fraction of sp³-hybridized carbons (Fsp3) is 0.625. The lowest BCUT2D eigenvalue weighted by atomic mass is 9.86. The molecule has 102 valence electrons. The molecule has 0 bridgehead atoms. The Kier molecular flexibility index (Phi) is 4.80. The lowest BCUT2D eigenvalue weighted by Gasteiger charge is -2.38. The molecule has 0 amide bonds. The predicted octanol–water partition coefficient (Wildman–Crippen LogP) is 4.00. The van der Waals surface area contributed by atoms with Crippen molar-refractivity contribution in [3.63, 3.8) is 0 Å². The minimum Gasteiger partial charge on any atom is -0.388 e. The summed E-state index contributed by atoms with van der Waals surface area (Å²) in [7, 11) is 2.11. The summed E-state index contributed by atoms with van der Waals surface area (Å²) in [5.41, 5.74) is 2.37. The Morgan fingerprint density at radius 3 is 2.28 bits per heavy atom. The largest absolute Gasteiger partial charge is 0.388 e. The molecule has 1 rings (SSSR count). The fourth-order valence-corrected chi connectivity index (χ4v) is 2.10. The number of aliphatic hydroxyl groups excluding tert-OH is 1. The van der Waals surface area contributed by atoms with E-state index in [4.69, 9.17) is 0 Å². The molecule has 0 saturated heterocycles. The summed E-state index contributed by atoms with van der Waals surface area (Å²) in [6.45, 7) is 11.0. The van der Waals surface area contributed by atoms with Gasteiger partial charge in [-0.25, -0.2) is 0 Å². The van der Waals surface area contributed by atoms with E-state index >= 15 is 0 Å². The summed E-state index contributed by atoms with van der Waals surface area (Å²) in [6.07, 6.45) is 0.366. The quantitative estimate of drug-likeness (QED) is 0.872. The van der Waals surface area contributed by atoms with Crippen LogP contribution in [-0.4, -0.2) is 18.2 Å². The van der Waals surface area contributed by atoms with Crippen LogP contribution in [0, 0.1) is 5.41 Å². The first-order valence-electron chi connectivity index (χ1n) is 6.78. The molecule has 2 atom stereocenters. The van der Waals surface area contributed by atoms with Crippen molar-refractivity contribution >= 4 is 5.69 Å². The zero-order valence-corrected chi connectivity index (χ0v) is 12.6. The fourth-order valence-electron chi connectivity index (χ4n) is 2.10. The number of hydrogen-bond acceptors (Lipinski definition) is 2. The van der Waals surface area contributed by atoms with Crippen LogP contribution in [0.1, 0.15) is 52.7 Å². The van der Waals surface area contributed by atoms with Crippen molar-refractivity contribution in [2.75, 3.05) is 11.9 Å². The molecule has 0 fully saturated rings. The number of anilines is 1. The molecule has 0 aliphatic rings. The van der Waals surface area contributed by atoms with E-state index in [2.05, 4.69) is 45.7 Å². The van der Waals surface area contributed by atoms with Crippen molar-refractivity contribution in [2.45, 2.75) is 53.2 Å². The normalized spacial score (nSPS) is 15.3. The highest BCUT2D eigenvalue weighted by atomic mass is 16.3. The molecule has 2 heteroatoms. The van der Waals surface area contributed by atoms with Crippen molar-refractivity contribution < 1.29 is 5.11 Å². The van der Waals surface area contributed by atoms with E-state index in [1.165, 1.54) is 0 Å². The van der Waals surface area contributed by atoms with Crippen molar-refractivity contribution in [3.05, 3.63) is 29.8 Å². The van der Waals surface area contributed by atoms with Gasteiger partial charge in [-0.05, 0) is 24.8 Å². The first-order chi connectivity index (χ1) is 8.29. The van der Waals surface area contributed by atoms with Gasteiger partial charge in [0.1, 0.15) is 0 Å². The van der Waals surface area contributed by atoms with Crippen LogP contribution in [0.15, 0.2) is 24.3 Å². The lowest BCUT2D eigenvalue weighted by Crippen LogP contribution is -2.39. The van der Waals surface area contributed by atoms with Crippen LogP contribution >= 0.6 is 0 Å². The summed E-state index contributed by atoms with van der Waals surface area (Å²) < 4.78 is 0. The highest BCUT2D eigenvalue weighted by Crippen LogP contribution is 2.32. The molecule has 1 unspecified atom stereocenters. The molecule has 0 saturated carbocycles. The van der Waals surface area contributed by atoms with Gasteiger partial charge in [-0.15, -0.1) is 0 Å². The summed E-state index contributed by atoms with van der Waals surface area (Å²) in [4.78, 5) is 2.27. The monoisotopic (exact) mass is 249 g/mol. The zero-order valence-electron chi connectivity index (χ0n) is 12.6. The third-order valence-electron chi connectivity index (χ3n) is 3.90. The van der Waals surface area contributed by atoms with Gasteiger partial charge in [0.25, 0.3) is 0 Å². The van der Waals surface area contributed by atoms with Gasteiger partial charge in [0.2, 0.25) is 0 Å². The zero-order chi connectivity index (χ0) is 13.9. The minimum absolute atomic E-state index is 0.207. The van der Waals surface area contributed by atoms with Crippen molar-refractivity contribution in [1.29, 1.82) is 0 Å². The van der Waals surface area contributed by atoms with Gasteiger partial charge in [-0.1, -0.05) is 45.9 Å². The lowest BCUT2D eigenvalue weighted by molar-refractivity contribution is 0.173. The first kappa shape index (κ1) is 15.0. The summed E-state index contributed by atoms with van der Waals surface area (Å²) >= 11 is 0. The van der Waals surface area contributed by atoms with Crippen molar-refractivity contribution in [2.24, 2.45) is 5.41 Å². The standard InChI is InChI=1S/C16H27NO/c1-7-15(18)13-10-8-9-11-14(13)17(6)12(2)16(3,4)5/h8-12,15,18H,7H2,1-6H3/t12?,15-/m0/s1. The maximum absolute atomic E-state index is 10.1. The molecule has 1 aromatic carbocycles. The molecule has 2 nitrogen and oxygen atoms in total. The highest BCUT2D eigenvalue weighted by molar-refractivity contribution is 5.55. The Labute approximate surface area is 112 Å². The van der Waals surface area contributed by atoms with Gasteiger partial charge >= 0.3 is 0 Å². The molecule has 18 heavy (non-hydrogen) atoms. The van der Waals surface area contributed by atoms with E-state index in [0.29, 0.717) is 6.04 Å². The smallest absolute Gasteiger partial charge is 0.0807 e. The van der Waals surface area contributed by atoms with Gasteiger partial charge in [-0.3, -0.25) is 0 Å². The average Bonchev–Trinajstić information content (AvgIpc) is 2.35. The topological polar surface area (TPSA) is 23.5 Å². The molecule has 0 spiro atoms. The predicted molar refractivity (Wildman–Crippen MR) is 79.0 cm³/mol. The number of aliphatic hydroxyl groups is 1. The number of benzene rings is 1. The Balaban J connectivity index is 3.09. The van der Waals surface area contributed by atoms with Gasteiger partial charge in [-0.2, -0.15) is 0 Å². The molecule has 0 radical (unpaired) electrons. The van der Waals surface area contributed by atoms with Crippen LogP contribution in [0.3, 0.4) is 0 Å². The van der Waals surface area contributed by atoms with E-state index in [1.54, 1.807) is 0 Å². The Morgan fingerprint density at radius 1 is 1.22 bits per heavy atom. The van der Waals surface area contributed by atoms with Gasteiger partial charge in [0.15, 0.2) is 0 Å². The molecular formula is C16H27NO. The average molecular weight is 249 g/mol. The summed E-state index contributed by atoms with van der Waals surface area (Å²) in [6, 6.07) is 8.55. The maximum atomic E-state index is 10.1. The van der Waals surface area contributed by atoms with Crippen LogP contribution < -0.4 is 4.90 Å². The van der Waals surface area contributed by atoms with Crippen LogP contribution in [0.2, 0.25) is 0 Å². The second-order valence-corrected chi connectivity index (χ2v) is 6.14. The number of hydrogen-bond donors (Lipinski definition) is 1. The minimum atomic E-state index is -0.379. The van der Waals surface area contributed by atoms with Crippen LogP contribution in [-0.2, 0) is 0 Å². The van der Waals surface area contributed by atoms with Gasteiger partial charge in [0.05, 0.1) is 6.10 Å². The third-order valence-corrected chi connectivity index (χ3v) is 3.90. The summed E-state index contributed by atoms with van der Waals surface area (Å²) in [5.74, 6) is 0. The van der Waals surface area contributed by atoms with Crippen LogP contribution in [0.25, 0.3) is 0 Å². The molecule has 0 aromatic heterocycles. The maximum Gasteiger partial charge on any atom is 0.0807 e. The Hall–Kier alpha value is -1.02. The van der Waals surface area contributed by atoms with E-state index in [-0.39, 0.29) is 11.5 Å². The van der Waals surface area contributed by atoms with Crippen molar-refractivity contribution in [3.8, 4) is 0 Å². The molecule has 0 aliphatic carbocycles. The molecule has 1 aromatic rings. The van der Waals surface area contributed by atoms with E-state index in [1.807, 2.05) is 25.1 Å². The second kappa shape index (κ2) is 5.75. The highest BCUT2D eigenvalue weighted by Gasteiger charge is 2.26. The summed E-state index contributed by atoms with van der Waals surface area (Å²) in [5, 5.41) is 10.1. The third kappa shape index (κ3) is 3.26. The van der Waals surface area contributed by atoms with Gasteiger partial charge < -0.3 is 10.0 Å². The molecular weight excluding hydrogens is 222 g/mol. The number of nitrogens with zero attached hydrogens (tertiary/aromatic N) is 1. The Bertz CT molecular complexity index is 381. The van der Waals surface area contributed by atoms with E-state index in [9.17, 15) is 5.11 Å². The van der Waals surface area contributed by atoms with E-state index < -0.39 is 0 Å². The SMILES string of the molecule is CC[C@H](O)c1ccccc1N(C)C(C)C(C)(C)C. The molecule has 0 heterocycles.